The quantitative estimate of drug-likeness (QED) is 0.235. The van der Waals surface area contributed by atoms with Crippen LogP contribution < -0.4 is 10.6 Å². The van der Waals surface area contributed by atoms with Crippen molar-refractivity contribution >= 4 is 50.6 Å². The van der Waals surface area contributed by atoms with Crippen molar-refractivity contribution in [1.82, 2.24) is 8.90 Å². The van der Waals surface area contributed by atoms with Crippen molar-refractivity contribution in [2.75, 3.05) is 0 Å². The van der Waals surface area contributed by atoms with Gasteiger partial charge in [-0.15, -0.1) is 0 Å². The van der Waals surface area contributed by atoms with Crippen molar-refractivity contribution in [2.24, 2.45) is 0 Å². The number of fused-ring (bicyclic) bond motifs is 5. The summed E-state index contributed by atoms with van der Waals surface area (Å²) in [5.41, 5.74) is 6.45. The van der Waals surface area contributed by atoms with Crippen molar-refractivity contribution in [3.8, 4) is 16.8 Å². The van der Waals surface area contributed by atoms with Gasteiger partial charge in [-0.3, -0.25) is 8.90 Å². The first-order valence-electron chi connectivity index (χ1n) is 12.2. The van der Waals surface area contributed by atoms with Gasteiger partial charge in [0.25, 0.3) is 0 Å². The zero-order chi connectivity index (χ0) is 23.9. The molecule has 3 heterocycles. The molecule has 170 valence electrons. The van der Waals surface area contributed by atoms with E-state index in [2.05, 4.69) is 81.8 Å². The molecule has 1 atom stereocenters. The SMILES string of the molecule is O=P1(c2ccccc2)c2ccccc2-n2c3ccccc3c3ccc4c(-c5ccccc5)cn1c4c32. The summed E-state index contributed by atoms with van der Waals surface area (Å²) in [4.78, 5) is 0. The van der Waals surface area contributed by atoms with Crippen LogP contribution in [0.25, 0.3) is 49.5 Å². The van der Waals surface area contributed by atoms with E-state index in [-0.39, 0.29) is 0 Å². The van der Waals surface area contributed by atoms with Gasteiger partial charge in [-0.2, -0.15) is 0 Å². The number of rotatable bonds is 2. The van der Waals surface area contributed by atoms with E-state index < -0.39 is 7.29 Å². The molecular weight excluding hydrogens is 459 g/mol. The summed E-state index contributed by atoms with van der Waals surface area (Å²) in [7, 11) is -3.27. The fourth-order valence-electron chi connectivity index (χ4n) is 5.99. The second-order valence-corrected chi connectivity index (χ2v) is 11.9. The highest BCUT2D eigenvalue weighted by molar-refractivity contribution is 7.77. The Balaban J connectivity index is 1.68. The second-order valence-electron chi connectivity index (χ2n) is 9.36. The lowest BCUT2D eigenvalue weighted by Crippen LogP contribution is -2.23. The van der Waals surface area contributed by atoms with E-state index in [1.165, 1.54) is 10.8 Å². The maximum Gasteiger partial charge on any atom is 0.235 e. The minimum atomic E-state index is -3.27. The van der Waals surface area contributed by atoms with Crippen LogP contribution >= 0.6 is 7.29 Å². The Bertz CT molecular complexity index is 2020. The Morgan fingerprint density at radius 3 is 2.06 bits per heavy atom. The van der Waals surface area contributed by atoms with E-state index in [0.29, 0.717) is 0 Å². The summed E-state index contributed by atoms with van der Waals surface area (Å²) >= 11 is 0. The first-order chi connectivity index (χ1) is 17.8. The molecule has 7 aromatic rings. The van der Waals surface area contributed by atoms with Crippen LogP contribution in [0.1, 0.15) is 0 Å². The molecule has 0 fully saturated rings. The van der Waals surface area contributed by atoms with E-state index in [1.807, 2.05) is 54.6 Å². The van der Waals surface area contributed by atoms with E-state index in [9.17, 15) is 0 Å². The van der Waals surface area contributed by atoms with Crippen LogP contribution in [0.3, 0.4) is 0 Å². The van der Waals surface area contributed by atoms with Crippen molar-refractivity contribution < 1.29 is 4.57 Å². The molecule has 0 spiro atoms. The molecule has 2 aromatic heterocycles. The van der Waals surface area contributed by atoms with E-state index >= 15 is 4.57 Å². The van der Waals surface area contributed by atoms with Gasteiger partial charge in [-0.25, -0.2) is 0 Å². The smallest absolute Gasteiger partial charge is 0.235 e. The van der Waals surface area contributed by atoms with Crippen molar-refractivity contribution in [1.29, 1.82) is 0 Å². The molecule has 8 rings (SSSR count). The Labute approximate surface area is 208 Å². The van der Waals surface area contributed by atoms with Crippen LogP contribution in [0.2, 0.25) is 0 Å². The van der Waals surface area contributed by atoms with Gasteiger partial charge in [0.05, 0.1) is 27.5 Å². The van der Waals surface area contributed by atoms with Gasteiger partial charge in [0.15, 0.2) is 0 Å². The zero-order valence-corrected chi connectivity index (χ0v) is 20.3. The molecule has 1 unspecified atom stereocenters. The van der Waals surface area contributed by atoms with E-state index in [1.54, 1.807) is 0 Å². The molecule has 0 aliphatic carbocycles. The number of hydrogen-bond donors (Lipinski definition) is 0. The van der Waals surface area contributed by atoms with Crippen molar-refractivity contribution in [3.05, 3.63) is 128 Å². The Morgan fingerprint density at radius 2 is 1.22 bits per heavy atom. The van der Waals surface area contributed by atoms with Gasteiger partial charge >= 0.3 is 0 Å². The number of nitrogens with zero attached hydrogens (tertiary/aromatic N) is 2. The van der Waals surface area contributed by atoms with Crippen LogP contribution in [0.5, 0.6) is 0 Å². The van der Waals surface area contributed by atoms with E-state index in [4.69, 9.17) is 0 Å². The van der Waals surface area contributed by atoms with Crippen LogP contribution in [0.4, 0.5) is 0 Å². The first-order valence-corrected chi connectivity index (χ1v) is 13.8. The molecule has 0 radical (unpaired) electrons. The normalized spacial score (nSPS) is 16.6. The third-order valence-electron chi connectivity index (χ3n) is 7.52. The fourth-order valence-corrected chi connectivity index (χ4v) is 8.86. The van der Waals surface area contributed by atoms with Gasteiger partial charge in [0, 0.05) is 33.2 Å². The number of hydrogen-bond acceptors (Lipinski definition) is 1. The first kappa shape index (κ1) is 19.9. The number of aromatic nitrogens is 2. The van der Waals surface area contributed by atoms with Gasteiger partial charge in [-0.05, 0) is 35.9 Å². The summed E-state index contributed by atoms with van der Waals surface area (Å²) in [5, 5.41) is 5.18. The predicted molar refractivity (Wildman–Crippen MR) is 150 cm³/mol. The highest BCUT2D eigenvalue weighted by atomic mass is 31.2. The van der Waals surface area contributed by atoms with Crippen molar-refractivity contribution in [3.63, 3.8) is 0 Å². The molecule has 0 bridgehead atoms. The molecule has 0 saturated carbocycles. The topological polar surface area (TPSA) is 26.9 Å². The summed E-state index contributed by atoms with van der Waals surface area (Å²) in [6, 6.07) is 41.6. The minimum Gasteiger partial charge on any atom is -0.306 e. The maximum atomic E-state index is 15.7. The molecule has 36 heavy (non-hydrogen) atoms. The standard InChI is InChI=1S/C32H21N2OP/c35-36(23-13-5-2-6-14-23)30-18-10-9-17-29(30)34-28-16-8-7-15-24(28)25-19-20-26-27(22-11-3-1-4-12-22)21-33(36)31(26)32(25)34/h1-21H. The largest absolute Gasteiger partial charge is 0.306 e. The van der Waals surface area contributed by atoms with Crippen LogP contribution in [-0.2, 0) is 4.57 Å². The van der Waals surface area contributed by atoms with E-state index in [0.717, 1.165) is 49.4 Å². The van der Waals surface area contributed by atoms with Gasteiger partial charge in [-0.1, -0.05) is 91.0 Å². The Kier molecular flexibility index (Phi) is 3.93. The molecule has 5 aromatic carbocycles. The third-order valence-corrected chi connectivity index (χ3v) is 10.5. The van der Waals surface area contributed by atoms with Gasteiger partial charge < -0.3 is 4.57 Å². The summed E-state index contributed by atoms with van der Waals surface area (Å²) in [5.74, 6) is 0. The number of para-hydroxylation sites is 2. The zero-order valence-electron chi connectivity index (χ0n) is 19.4. The molecule has 0 saturated heterocycles. The summed E-state index contributed by atoms with van der Waals surface area (Å²) in [6.07, 6.45) is 2.12. The molecular formula is C32H21N2OP. The predicted octanol–water partition coefficient (Wildman–Crippen LogP) is 7.50. The summed E-state index contributed by atoms with van der Waals surface area (Å²) in [6.45, 7) is 0. The Hall–Kier alpha value is -4.33. The van der Waals surface area contributed by atoms with Crippen LogP contribution in [0.15, 0.2) is 128 Å². The molecule has 4 heteroatoms. The lowest BCUT2D eigenvalue weighted by atomic mass is 10.0. The molecule has 0 N–H and O–H groups in total. The number of benzene rings is 5. The minimum absolute atomic E-state index is 0.834. The molecule has 1 aliphatic heterocycles. The average Bonchev–Trinajstić information content (AvgIpc) is 3.48. The lowest BCUT2D eigenvalue weighted by molar-refractivity contribution is 0.583. The van der Waals surface area contributed by atoms with Crippen LogP contribution in [0, 0.1) is 0 Å². The third kappa shape index (κ3) is 2.41. The van der Waals surface area contributed by atoms with Crippen molar-refractivity contribution in [2.45, 2.75) is 0 Å². The van der Waals surface area contributed by atoms with Gasteiger partial charge in [0.2, 0.25) is 7.29 Å². The molecule has 0 amide bonds. The molecule has 3 nitrogen and oxygen atoms in total. The molecule has 1 aliphatic rings. The summed E-state index contributed by atoms with van der Waals surface area (Å²) < 4.78 is 20.1. The Morgan fingerprint density at radius 1 is 0.556 bits per heavy atom. The van der Waals surface area contributed by atoms with Crippen LogP contribution in [-0.4, -0.2) is 8.90 Å². The maximum absolute atomic E-state index is 15.7. The fraction of sp³-hybridized carbons (Fsp3) is 0. The highest BCUT2D eigenvalue weighted by Gasteiger charge is 2.38. The highest BCUT2D eigenvalue weighted by Crippen LogP contribution is 2.55. The monoisotopic (exact) mass is 480 g/mol. The van der Waals surface area contributed by atoms with Gasteiger partial charge in [0.1, 0.15) is 0 Å². The lowest BCUT2D eigenvalue weighted by Gasteiger charge is -2.22. The average molecular weight is 481 g/mol. The second kappa shape index (κ2) is 7.10.